The summed E-state index contributed by atoms with van der Waals surface area (Å²) in [5.74, 6) is -2.64. The number of allylic oxidation sites excluding steroid dienone is 3. The van der Waals surface area contributed by atoms with Crippen LogP contribution in [0.5, 0.6) is 0 Å². The van der Waals surface area contributed by atoms with E-state index in [0.29, 0.717) is 11.3 Å². The van der Waals surface area contributed by atoms with Crippen LogP contribution in [0, 0.1) is 0 Å². The number of nitrogens with zero attached hydrogens (tertiary/aromatic N) is 1. The molecule has 0 aromatic heterocycles. The number of carbonyl (C=O) groups is 5. The number of fused-ring (bicyclic) bond motifs is 1. The van der Waals surface area contributed by atoms with Crippen molar-refractivity contribution in [2.75, 3.05) is 0 Å². The second-order valence-electron chi connectivity index (χ2n) is 6.97. The lowest BCUT2D eigenvalue weighted by molar-refractivity contribution is -0.136. The van der Waals surface area contributed by atoms with Gasteiger partial charge in [-0.3, -0.25) is 34.2 Å². The molecule has 3 aliphatic rings. The number of hydrogen-bond acceptors (Lipinski definition) is 6. The summed E-state index contributed by atoms with van der Waals surface area (Å²) >= 11 is 0. The smallest absolute Gasteiger partial charge is 0.262 e. The molecule has 0 bridgehead atoms. The normalized spacial score (nSPS) is 21.5. The summed E-state index contributed by atoms with van der Waals surface area (Å²) in [6, 6.07) is 3.75. The maximum absolute atomic E-state index is 13.0. The number of rotatable bonds is 4. The molecule has 0 saturated carbocycles. The van der Waals surface area contributed by atoms with Crippen LogP contribution in [0.15, 0.2) is 54.4 Å². The van der Waals surface area contributed by atoms with E-state index >= 15 is 0 Å². The molecule has 152 valence electrons. The fraction of sp³-hybridized carbons (Fsp3) is 0.190. The Morgan fingerprint density at radius 1 is 1.17 bits per heavy atom. The van der Waals surface area contributed by atoms with Gasteiger partial charge in [-0.25, -0.2) is 0 Å². The van der Waals surface area contributed by atoms with Crippen molar-refractivity contribution in [2.45, 2.75) is 25.4 Å². The Morgan fingerprint density at radius 2 is 2.00 bits per heavy atom. The Labute approximate surface area is 171 Å². The summed E-state index contributed by atoms with van der Waals surface area (Å²) in [6.45, 7) is 0.0353. The minimum Gasteiger partial charge on any atom is -0.362 e. The quantitative estimate of drug-likeness (QED) is 0.487. The molecule has 0 spiro atoms. The zero-order valence-corrected chi connectivity index (χ0v) is 15.8. The van der Waals surface area contributed by atoms with Gasteiger partial charge in [-0.05, 0) is 30.2 Å². The molecule has 4 rings (SSSR count). The van der Waals surface area contributed by atoms with E-state index in [2.05, 4.69) is 16.0 Å². The van der Waals surface area contributed by atoms with Crippen molar-refractivity contribution < 1.29 is 24.0 Å². The third kappa shape index (κ3) is 3.52. The Morgan fingerprint density at radius 3 is 2.73 bits per heavy atom. The van der Waals surface area contributed by atoms with Crippen LogP contribution in [-0.4, -0.2) is 40.5 Å². The fourth-order valence-corrected chi connectivity index (χ4v) is 3.60. The number of benzene rings is 1. The molecular formula is C21H18N4O5. The van der Waals surface area contributed by atoms with E-state index in [4.69, 9.17) is 0 Å². The van der Waals surface area contributed by atoms with Crippen LogP contribution in [0.1, 0.15) is 39.1 Å². The van der Waals surface area contributed by atoms with E-state index in [9.17, 15) is 24.0 Å². The van der Waals surface area contributed by atoms with Gasteiger partial charge in [-0.15, -0.1) is 0 Å². The SMILES string of the molecule is O=C(C=C1C=CC=CN1)NCc1cccc2c1C(=O)N(C1CCC(=O)NC1=O)C2=O. The summed E-state index contributed by atoms with van der Waals surface area (Å²) < 4.78 is 0. The van der Waals surface area contributed by atoms with Crippen LogP contribution in [0.3, 0.4) is 0 Å². The molecule has 5 amide bonds. The highest BCUT2D eigenvalue weighted by molar-refractivity contribution is 6.24. The summed E-state index contributed by atoms with van der Waals surface area (Å²) in [6.07, 6.45) is 8.53. The lowest BCUT2D eigenvalue weighted by Crippen LogP contribution is -2.54. The maximum atomic E-state index is 13.0. The molecule has 3 heterocycles. The van der Waals surface area contributed by atoms with Crippen molar-refractivity contribution in [3.63, 3.8) is 0 Å². The summed E-state index contributed by atoms with van der Waals surface area (Å²) in [4.78, 5) is 62.5. The molecule has 30 heavy (non-hydrogen) atoms. The van der Waals surface area contributed by atoms with Crippen LogP contribution in [0.4, 0.5) is 0 Å². The average molecular weight is 406 g/mol. The molecule has 9 nitrogen and oxygen atoms in total. The Hall–Kier alpha value is -4.01. The number of hydrogen-bond donors (Lipinski definition) is 3. The molecule has 0 radical (unpaired) electrons. The third-order valence-electron chi connectivity index (χ3n) is 5.03. The lowest BCUT2D eigenvalue weighted by Gasteiger charge is -2.27. The van der Waals surface area contributed by atoms with Crippen LogP contribution in [-0.2, 0) is 20.9 Å². The first-order chi connectivity index (χ1) is 14.5. The fourth-order valence-electron chi connectivity index (χ4n) is 3.60. The first-order valence-corrected chi connectivity index (χ1v) is 9.38. The van der Waals surface area contributed by atoms with Gasteiger partial charge in [-0.2, -0.15) is 0 Å². The minimum atomic E-state index is -1.03. The van der Waals surface area contributed by atoms with Gasteiger partial charge < -0.3 is 10.6 Å². The van der Waals surface area contributed by atoms with Crippen LogP contribution in [0.2, 0.25) is 0 Å². The number of piperidine rings is 1. The molecule has 3 N–H and O–H groups in total. The topological polar surface area (TPSA) is 125 Å². The number of carbonyl (C=O) groups excluding carboxylic acids is 5. The van der Waals surface area contributed by atoms with Crippen molar-refractivity contribution >= 4 is 29.5 Å². The summed E-state index contributed by atoms with van der Waals surface area (Å²) in [5, 5.41) is 7.78. The second-order valence-corrected chi connectivity index (χ2v) is 6.97. The average Bonchev–Trinajstić information content (AvgIpc) is 2.98. The molecule has 0 aliphatic carbocycles. The van der Waals surface area contributed by atoms with Crippen molar-refractivity contribution in [1.82, 2.24) is 20.9 Å². The second kappa shape index (κ2) is 7.78. The van der Waals surface area contributed by atoms with Crippen LogP contribution < -0.4 is 16.0 Å². The molecule has 1 saturated heterocycles. The zero-order valence-electron chi connectivity index (χ0n) is 15.8. The Kier molecular flexibility index (Phi) is 5.01. The van der Waals surface area contributed by atoms with Crippen molar-refractivity contribution in [2.24, 2.45) is 0 Å². The number of amides is 5. The molecule has 9 heteroatoms. The van der Waals surface area contributed by atoms with E-state index < -0.39 is 29.7 Å². The van der Waals surface area contributed by atoms with Gasteiger partial charge in [0.15, 0.2) is 0 Å². The highest BCUT2D eigenvalue weighted by atomic mass is 16.2. The Balaban J connectivity index is 1.52. The molecular weight excluding hydrogens is 388 g/mol. The van der Waals surface area contributed by atoms with E-state index in [1.165, 1.54) is 12.1 Å². The van der Waals surface area contributed by atoms with Crippen molar-refractivity contribution in [1.29, 1.82) is 0 Å². The predicted molar refractivity (Wildman–Crippen MR) is 104 cm³/mol. The van der Waals surface area contributed by atoms with E-state index in [0.717, 1.165) is 4.90 Å². The highest BCUT2D eigenvalue weighted by Crippen LogP contribution is 2.29. The number of imide groups is 2. The largest absolute Gasteiger partial charge is 0.362 e. The molecule has 1 atom stereocenters. The van der Waals surface area contributed by atoms with Crippen LogP contribution >= 0.6 is 0 Å². The van der Waals surface area contributed by atoms with Gasteiger partial charge >= 0.3 is 0 Å². The first-order valence-electron chi connectivity index (χ1n) is 9.38. The van der Waals surface area contributed by atoms with Gasteiger partial charge in [0.1, 0.15) is 6.04 Å². The standard InChI is InChI=1S/C21H18N4O5/c26-16-8-7-15(19(28)24-16)25-20(29)14-6-3-4-12(18(14)21(25)30)11-23-17(27)10-13-5-1-2-9-22-13/h1-6,9-10,15,22H,7-8,11H2,(H,23,27)(H,24,26,28). The first kappa shape index (κ1) is 19.3. The third-order valence-corrected chi connectivity index (χ3v) is 5.03. The number of nitrogens with one attached hydrogen (secondary N) is 3. The van der Waals surface area contributed by atoms with E-state index in [1.807, 2.05) is 0 Å². The monoisotopic (exact) mass is 406 g/mol. The Bertz CT molecular complexity index is 1070. The maximum Gasteiger partial charge on any atom is 0.262 e. The molecule has 1 aromatic rings. The van der Waals surface area contributed by atoms with Crippen LogP contribution in [0.25, 0.3) is 0 Å². The van der Waals surface area contributed by atoms with Gasteiger partial charge in [0, 0.05) is 30.9 Å². The molecule has 3 aliphatic heterocycles. The predicted octanol–water partition coefficient (Wildman–Crippen LogP) is 0.261. The summed E-state index contributed by atoms with van der Waals surface area (Å²) in [7, 11) is 0. The summed E-state index contributed by atoms with van der Waals surface area (Å²) in [5.41, 5.74) is 1.43. The van der Waals surface area contributed by atoms with Gasteiger partial charge in [-0.1, -0.05) is 18.2 Å². The lowest BCUT2D eigenvalue weighted by atomic mass is 10.0. The van der Waals surface area contributed by atoms with Gasteiger partial charge in [0.05, 0.1) is 11.1 Å². The van der Waals surface area contributed by atoms with Gasteiger partial charge in [0.25, 0.3) is 11.8 Å². The number of dihydropyridines is 1. The zero-order chi connectivity index (χ0) is 21.3. The van der Waals surface area contributed by atoms with Crippen molar-refractivity contribution in [3.05, 3.63) is 71.1 Å². The highest BCUT2D eigenvalue weighted by Gasteiger charge is 2.45. The minimum absolute atomic E-state index is 0.0353. The molecule has 1 fully saturated rings. The van der Waals surface area contributed by atoms with Gasteiger partial charge in [0.2, 0.25) is 17.7 Å². The molecule has 1 unspecified atom stereocenters. The molecule has 1 aromatic carbocycles. The van der Waals surface area contributed by atoms with E-state index in [1.54, 1.807) is 36.6 Å². The van der Waals surface area contributed by atoms with Crippen molar-refractivity contribution in [3.8, 4) is 0 Å². The van der Waals surface area contributed by atoms with E-state index in [-0.39, 0.29) is 36.4 Å².